The molecule has 1 unspecified atom stereocenters. The largest absolute Gasteiger partial charge is 0.340 e. The Hall–Kier alpha value is -1.76. The van der Waals surface area contributed by atoms with E-state index in [1.165, 1.54) is 0 Å². The van der Waals surface area contributed by atoms with E-state index >= 15 is 0 Å². The van der Waals surface area contributed by atoms with Crippen LogP contribution in [-0.4, -0.2) is 43.6 Å². The second kappa shape index (κ2) is 6.16. The maximum Gasteiger partial charge on any atom is 0.228 e. The van der Waals surface area contributed by atoms with Gasteiger partial charge >= 0.3 is 0 Å². The molecule has 3 heterocycles. The van der Waals surface area contributed by atoms with Gasteiger partial charge in [-0.2, -0.15) is 5.10 Å². The molecule has 7 heteroatoms. The number of aromatic nitrogens is 4. The van der Waals surface area contributed by atoms with E-state index in [2.05, 4.69) is 15.1 Å². The van der Waals surface area contributed by atoms with Crippen LogP contribution in [0, 0.1) is 20.8 Å². The zero-order valence-corrected chi connectivity index (χ0v) is 14.1. The summed E-state index contributed by atoms with van der Waals surface area (Å²) in [6.07, 6.45) is 2.44. The molecule has 118 valence electrons. The minimum Gasteiger partial charge on any atom is -0.340 e. The van der Waals surface area contributed by atoms with Gasteiger partial charge in [-0.15, -0.1) is 11.3 Å². The molecule has 1 amide bonds. The van der Waals surface area contributed by atoms with Gasteiger partial charge in [-0.25, -0.2) is 14.6 Å². The van der Waals surface area contributed by atoms with Gasteiger partial charge in [-0.3, -0.25) is 4.79 Å². The van der Waals surface area contributed by atoms with E-state index in [0.29, 0.717) is 13.0 Å². The number of hydrogen-bond donors (Lipinski definition) is 0. The van der Waals surface area contributed by atoms with Crippen molar-refractivity contribution in [2.24, 2.45) is 0 Å². The molecule has 2 aromatic rings. The Kier molecular flexibility index (Phi) is 4.24. The quantitative estimate of drug-likeness (QED) is 0.869. The van der Waals surface area contributed by atoms with Crippen molar-refractivity contribution in [1.82, 2.24) is 24.6 Å². The van der Waals surface area contributed by atoms with Gasteiger partial charge in [-0.05, 0) is 33.6 Å². The van der Waals surface area contributed by atoms with Crippen molar-refractivity contribution in [3.8, 4) is 0 Å². The van der Waals surface area contributed by atoms with Crippen LogP contribution in [0.2, 0.25) is 0 Å². The standard InChI is InChI=1S/C15H21N5OS/c1-10-16-11(2)20(18-10)14-5-4-6-19(8-14)15(21)7-13-9-22-12(3)17-13/h9,14H,4-8H2,1-3H3. The van der Waals surface area contributed by atoms with E-state index in [9.17, 15) is 4.79 Å². The van der Waals surface area contributed by atoms with Crippen molar-refractivity contribution in [1.29, 1.82) is 0 Å². The molecule has 22 heavy (non-hydrogen) atoms. The normalized spacial score (nSPS) is 18.7. The lowest BCUT2D eigenvalue weighted by molar-refractivity contribution is -0.132. The summed E-state index contributed by atoms with van der Waals surface area (Å²) < 4.78 is 1.97. The van der Waals surface area contributed by atoms with Crippen LogP contribution in [0.1, 0.15) is 41.2 Å². The van der Waals surface area contributed by atoms with E-state index in [4.69, 9.17) is 0 Å². The molecule has 0 aliphatic carbocycles. The van der Waals surface area contributed by atoms with Gasteiger partial charge in [0.2, 0.25) is 5.91 Å². The summed E-state index contributed by atoms with van der Waals surface area (Å²) in [5.74, 6) is 1.87. The van der Waals surface area contributed by atoms with Crippen molar-refractivity contribution in [2.75, 3.05) is 13.1 Å². The molecule has 0 spiro atoms. The highest BCUT2D eigenvalue weighted by atomic mass is 32.1. The second-order valence-electron chi connectivity index (χ2n) is 5.82. The first-order valence-corrected chi connectivity index (χ1v) is 8.49. The number of piperidine rings is 1. The third-order valence-electron chi connectivity index (χ3n) is 4.00. The number of hydrogen-bond acceptors (Lipinski definition) is 5. The third-order valence-corrected chi connectivity index (χ3v) is 4.82. The van der Waals surface area contributed by atoms with Crippen molar-refractivity contribution in [2.45, 2.75) is 46.1 Å². The zero-order chi connectivity index (χ0) is 15.7. The van der Waals surface area contributed by atoms with Crippen LogP contribution in [0.5, 0.6) is 0 Å². The lowest BCUT2D eigenvalue weighted by atomic mass is 10.1. The molecule has 1 saturated heterocycles. The zero-order valence-electron chi connectivity index (χ0n) is 13.2. The van der Waals surface area contributed by atoms with E-state index in [-0.39, 0.29) is 11.9 Å². The summed E-state index contributed by atoms with van der Waals surface area (Å²) in [7, 11) is 0. The topological polar surface area (TPSA) is 63.9 Å². The molecule has 1 aliphatic rings. The molecule has 0 saturated carbocycles. The number of carbonyl (C=O) groups is 1. The average molecular weight is 319 g/mol. The first-order chi connectivity index (χ1) is 10.5. The van der Waals surface area contributed by atoms with Gasteiger partial charge in [-0.1, -0.05) is 0 Å². The van der Waals surface area contributed by atoms with Gasteiger partial charge in [0.25, 0.3) is 0 Å². The fourth-order valence-electron chi connectivity index (χ4n) is 3.02. The van der Waals surface area contributed by atoms with E-state index < -0.39 is 0 Å². The molecule has 3 rings (SSSR count). The highest BCUT2D eigenvalue weighted by Gasteiger charge is 2.26. The van der Waals surface area contributed by atoms with E-state index in [1.54, 1.807) is 11.3 Å². The summed E-state index contributed by atoms with van der Waals surface area (Å²) in [5.41, 5.74) is 0.877. The Balaban J connectivity index is 1.67. The molecule has 6 nitrogen and oxygen atoms in total. The molecule has 1 atom stereocenters. The monoisotopic (exact) mass is 319 g/mol. The first-order valence-electron chi connectivity index (χ1n) is 7.61. The second-order valence-corrected chi connectivity index (χ2v) is 6.88. The van der Waals surface area contributed by atoms with Crippen LogP contribution in [0.4, 0.5) is 0 Å². The summed E-state index contributed by atoms with van der Waals surface area (Å²) in [4.78, 5) is 23.2. The summed E-state index contributed by atoms with van der Waals surface area (Å²) in [6, 6.07) is 0.232. The molecule has 0 aromatic carbocycles. The maximum absolute atomic E-state index is 12.5. The Morgan fingerprint density at radius 1 is 1.36 bits per heavy atom. The van der Waals surface area contributed by atoms with Crippen molar-refractivity contribution in [3.05, 3.63) is 27.7 Å². The minimum atomic E-state index is 0.157. The van der Waals surface area contributed by atoms with Gasteiger partial charge < -0.3 is 4.90 Å². The molecule has 1 aliphatic heterocycles. The summed E-state index contributed by atoms with van der Waals surface area (Å²) in [6.45, 7) is 7.38. The fourth-order valence-corrected chi connectivity index (χ4v) is 3.63. The van der Waals surface area contributed by atoms with Crippen LogP contribution >= 0.6 is 11.3 Å². The Labute approximate surface area is 134 Å². The van der Waals surface area contributed by atoms with Crippen LogP contribution < -0.4 is 0 Å². The third kappa shape index (κ3) is 3.19. The summed E-state index contributed by atoms with van der Waals surface area (Å²) >= 11 is 1.59. The smallest absolute Gasteiger partial charge is 0.228 e. The predicted molar refractivity (Wildman–Crippen MR) is 84.9 cm³/mol. The maximum atomic E-state index is 12.5. The average Bonchev–Trinajstić information content (AvgIpc) is 3.04. The SMILES string of the molecule is Cc1nc(C)n(C2CCCN(C(=O)Cc3csc(C)n3)C2)n1. The number of aryl methyl sites for hydroxylation is 3. The van der Waals surface area contributed by atoms with Crippen LogP contribution in [0.25, 0.3) is 0 Å². The van der Waals surface area contributed by atoms with Crippen molar-refractivity contribution < 1.29 is 4.79 Å². The minimum absolute atomic E-state index is 0.157. The highest BCUT2D eigenvalue weighted by molar-refractivity contribution is 7.09. The molecule has 1 fully saturated rings. The molecular formula is C15H21N5OS. The molecule has 2 aromatic heterocycles. The lowest BCUT2D eigenvalue weighted by Crippen LogP contribution is -2.42. The number of likely N-dealkylation sites (tertiary alicyclic amines) is 1. The number of nitrogens with zero attached hydrogens (tertiary/aromatic N) is 5. The summed E-state index contributed by atoms with van der Waals surface area (Å²) in [5, 5.41) is 7.45. The highest BCUT2D eigenvalue weighted by Crippen LogP contribution is 2.22. The predicted octanol–water partition coefficient (Wildman–Crippen LogP) is 2.07. The molecule has 0 radical (unpaired) electrons. The van der Waals surface area contributed by atoms with E-state index in [1.807, 2.05) is 35.7 Å². The molecule has 0 N–H and O–H groups in total. The Morgan fingerprint density at radius 3 is 2.82 bits per heavy atom. The van der Waals surface area contributed by atoms with E-state index in [0.717, 1.165) is 41.7 Å². The van der Waals surface area contributed by atoms with Crippen LogP contribution in [0.3, 0.4) is 0 Å². The lowest BCUT2D eigenvalue weighted by Gasteiger charge is -2.33. The Bertz CT molecular complexity index is 677. The molecule has 0 bridgehead atoms. The number of thiazole rings is 1. The number of amides is 1. The number of carbonyl (C=O) groups excluding carboxylic acids is 1. The van der Waals surface area contributed by atoms with Crippen molar-refractivity contribution >= 4 is 17.2 Å². The molecular weight excluding hydrogens is 298 g/mol. The van der Waals surface area contributed by atoms with Crippen molar-refractivity contribution in [3.63, 3.8) is 0 Å². The van der Waals surface area contributed by atoms with Crippen LogP contribution in [-0.2, 0) is 11.2 Å². The van der Waals surface area contributed by atoms with Gasteiger partial charge in [0, 0.05) is 18.5 Å². The first kappa shape index (κ1) is 15.1. The van der Waals surface area contributed by atoms with Gasteiger partial charge in [0.1, 0.15) is 11.6 Å². The number of rotatable bonds is 3. The fraction of sp³-hybridized carbons (Fsp3) is 0.600. The van der Waals surface area contributed by atoms with Gasteiger partial charge in [0.05, 0.1) is 23.2 Å². The Morgan fingerprint density at radius 2 is 2.18 bits per heavy atom. The van der Waals surface area contributed by atoms with Crippen LogP contribution in [0.15, 0.2) is 5.38 Å². The van der Waals surface area contributed by atoms with Gasteiger partial charge in [0.15, 0.2) is 0 Å².